The minimum atomic E-state index is 0. The zero-order valence-electron chi connectivity index (χ0n) is 9.73. The molecule has 2 rings (SSSR count). The van der Waals surface area contributed by atoms with Crippen LogP contribution >= 0.6 is 24.8 Å². The van der Waals surface area contributed by atoms with Crippen molar-refractivity contribution in [2.75, 3.05) is 25.0 Å². The van der Waals surface area contributed by atoms with E-state index in [0.717, 1.165) is 24.6 Å². The highest BCUT2D eigenvalue weighted by Crippen LogP contribution is 2.22. The number of aryl methyl sites for hydroxylation is 1. The first-order chi connectivity index (χ1) is 6.72. The molecule has 0 saturated carbocycles. The number of halogens is 2. The van der Waals surface area contributed by atoms with Gasteiger partial charge in [-0.05, 0) is 20.9 Å². The zero-order valence-corrected chi connectivity index (χ0v) is 11.4. The van der Waals surface area contributed by atoms with Crippen molar-refractivity contribution >= 4 is 30.6 Å². The number of aromatic nitrogens is 2. The number of nitrogens with one attached hydrogen (secondary N) is 1. The summed E-state index contributed by atoms with van der Waals surface area (Å²) in [5.41, 5.74) is 2.27. The van der Waals surface area contributed by atoms with Crippen LogP contribution in [0.5, 0.6) is 0 Å². The van der Waals surface area contributed by atoms with Crippen LogP contribution in [0.2, 0.25) is 0 Å². The van der Waals surface area contributed by atoms with Crippen molar-refractivity contribution in [3.05, 3.63) is 17.6 Å². The van der Waals surface area contributed by atoms with Crippen molar-refractivity contribution in [3.63, 3.8) is 0 Å². The Balaban J connectivity index is 0.00000112. The number of hydrogen-bond acceptors (Lipinski definition) is 4. The predicted molar refractivity (Wildman–Crippen MR) is 71.1 cm³/mol. The summed E-state index contributed by atoms with van der Waals surface area (Å²) in [6.07, 6.45) is 1.64. The molecule has 0 spiro atoms. The Kier molecular flexibility index (Phi) is 6.00. The first-order valence-corrected chi connectivity index (χ1v) is 4.92. The molecular formula is C10H18Cl2N4. The fourth-order valence-electron chi connectivity index (χ4n) is 1.68. The highest BCUT2D eigenvalue weighted by atomic mass is 35.5. The van der Waals surface area contributed by atoms with Gasteiger partial charge in [0.05, 0.1) is 0 Å². The second-order valence-electron chi connectivity index (χ2n) is 3.80. The number of anilines is 1. The van der Waals surface area contributed by atoms with Gasteiger partial charge in [0.15, 0.2) is 0 Å². The molecule has 1 aliphatic heterocycles. The Morgan fingerprint density at radius 1 is 1.25 bits per heavy atom. The Labute approximate surface area is 109 Å². The van der Waals surface area contributed by atoms with Gasteiger partial charge in [0, 0.05) is 30.4 Å². The Bertz CT molecular complexity index is 340. The molecule has 0 radical (unpaired) electrons. The van der Waals surface area contributed by atoms with Crippen LogP contribution in [-0.2, 0) is 0 Å². The average molecular weight is 265 g/mol. The molecule has 1 aromatic heterocycles. The normalized spacial score (nSPS) is 14.8. The standard InChI is InChI=1S/C10H16N4.2ClH/c1-7-8(2)12-6-13-10(7)14-4-9(5-14)11-3;;/h6,9,11H,4-5H2,1-3H3;2*1H. The molecule has 1 saturated heterocycles. The lowest BCUT2D eigenvalue weighted by atomic mass is 10.1. The van der Waals surface area contributed by atoms with E-state index < -0.39 is 0 Å². The predicted octanol–water partition coefficient (Wildman–Crippen LogP) is 1.35. The van der Waals surface area contributed by atoms with Crippen molar-refractivity contribution < 1.29 is 0 Å². The van der Waals surface area contributed by atoms with Crippen molar-refractivity contribution in [2.24, 2.45) is 0 Å². The van der Waals surface area contributed by atoms with Crippen LogP contribution in [0.1, 0.15) is 11.3 Å². The van der Waals surface area contributed by atoms with Gasteiger partial charge in [0.2, 0.25) is 0 Å². The molecule has 6 heteroatoms. The molecule has 0 aliphatic carbocycles. The molecule has 2 heterocycles. The van der Waals surface area contributed by atoms with E-state index >= 15 is 0 Å². The first kappa shape index (κ1) is 15.4. The lowest BCUT2D eigenvalue weighted by Crippen LogP contribution is -2.57. The molecule has 0 bridgehead atoms. The fraction of sp³-hybridized carbons (Fsp3) is 0.600. The molecule has 1 aromatic rings. The van der Waals surface area contributed by atoms with Crippen LogP contribution in [0.4, 0.5) is 5.82 Å². The van der Waals surface area contributed by atoms with Gasteiger partial charge in [-0.3, -0.25) is 0 Å². The van der Waals surface area contributed by atoms with E-state index in [9.17, 15) is 0 Å². The molecule has 4 nitrogen and oxygen atoms in total. The van der Waals surface area contributed by atoms with E-state index in [1.807, 2.05) is 14.0 Å². The number of nitrogens with zero attached hydrogens (tertiary/aromatic N) is 3. The highest BCUT2D eigenvalue weighted by molar-refractivity contribution is 5.85. The average Bonchev–Trinajstić information content (AvgIpc) is 2.10. The van der Waals surface area contributed by atoms with Gasteiger partial charge in [-0.2, -0.15) is 0 Å². The zero-order chi connectivity index (χ0) is 10.1. The second-order valence-corrected chi connectivity index (χ2v) is 3.80. The maximum Gasteiger partial charge on any atom is 0.135 e. The van der Waals surface area contributed by atoms with Gasteiger partial charge >= 0.3 is 0 Å². The quantitative estimate of drug-likeness (QED) is 0.876. The van der Waals surface area contributed by atoms with Crippen molar-refractivity contribution in [1.82, 2.24) is 15.3 Å². The highest BCUT2D eigenvalue weighted by Gasteiger charge is 2.27. The molecule has 0 aromatic carbocycles. The first-order valence-electron chi connectivity index (χ1n) is 4.92. The number of rotatable bonds is 2. The van der Waals surface area contributed by atoms with Crippen LogP contribution in [0.15, 0.2) is 6.33 Å². The summed E-state index contributed by atoms with van der Waals surface area (Å²) in [4.78, 5) is 10.8. The van der Waals surface area contributed by atoms with Gasteiger partial charge in [-0.1, -0.05) is 0 Å². The molecule has 0 amide bonds. The summed E-state index contributed by atoms with van der Waals surface area (Å²) in [5.74, 6) is 1.09. The molecule has 92 valence electrons. The van der Waals surface area contributed by atoms with E-state index in [-0.39, 0.29) is 24.8 Å². The van der Waals surface area contributed by atoms with Crippen LogP contribution in [0.25, 0.3) is 0 Å². The molecule has 0 atom stereocenters. The van der Waals surface area contributed by atoms with Gasteiger partial charge in [-0.25, -0.2) is 9.97 Å². The summed E-state index contributed by atoms with van der Waals surface area (Å²) in [5, 5.41) is 3.25. The van der Waals surface area contributed by atoms with Gasteiger partial charge in [0.1, 0.15) is 12.1 Å². The van der Waals surface area contributed by atoms with E-state index in [4.69, 9.17) is 0 Å². The Morgan fingerprint density at radius 3 is 2.44 bits per heavy atom. The smallest absolute Gasteiger partial charge is 0.135 e. The molecule has 1 fully saturated rings. The summed E-state index contributed by atoms with van der Waals surface area (Å²) < 4.78 is 0. The van der Waals surface area contributed by atoms with E-state index in [0.29, 0.717) is 6.04 Å². The lowest BCUT2D eigenvalue weighted by molar-refractivity contribution is 0.446. The molecule has 16 heavy (non-hydrogen) atoms. The third-order valence-corrected chi connectivity index (χ3v) is 2.90. The Hall–Kier alpha value is -0.580. The maximum absolute atomic E-state index is 4.32. The molecule has 1 N–H and O–H groups in total. The minimum Gasteiger partial charge on any atom is -0.353 e. The molecule has 0 unspecified atom stereocenters. The SMILES string of the molecule is CNC1CN(c2ncnc(C)c2C)C1.Cl.Cl. The summed E-state index contributed by atoms with van der Waals surface area (Å²) in [6.45, 7) is 6.20. The van der Waals surface area contributed by atoms with Crippen molar-refractivity contribution in [2.45, 2.75) is 19.9 Å². The lowest BCUT2D eigenvalue weighted by Gasteiger charge is -2.40. The summed E-state index contributed by atoms with van der Waals surface area (Å²) >= 11 is 0. The van der Waals surface area contributed by atoms with Crippen LogP contribution in [-0.4, -0.2) is 36.1 Å². The molecular weight excluding hydrogens is 247 g/mol. The van der Waals surface area contributed by atoms with Crippen molar-refractivity contribution in [1.29, 1.82) is 0 Å². The summed E-state index contributed by atoms with van der Waals surface area (Å²) in [6, 6.07) is 0.615. The number of likely N-dealkylation sites (N-methyl/N-ethyl adjacent to an activating group) is 1. The maximum atomic E-state index is 4.32. The monoisotopic (exact) mass is 264 g/mol. The van der Waals surface area contributed by atoms with Crippen molar-refractivity contribution in [3.8, 4) is 0 Å². The second kappa shape index (κ2) is 6.23. The van der Waals surface area contributed by atoms with Gasteiger partial charge in [-0.15, -0.1) is 24.8 Å². The Morgan fingerprint density at radius 2 is 1.88 bits per heavy atom. The summed E-state index contributed by atoms with van der Waals surface area (Å²) in [7, 11) is 2.00. The van der Waals surface area contributed by atoms with Crippen LogP contribution in [0.3, 0.4) is 0 Å². The van der Waals surface area contributed by atoms with E-state index in [1.165, 1.54) is 5.56 Å². The van der Waals surface area contributed by atoms with E-state index in [2.05, 4.69) is 27.1 Å². The van der Waals surface area contributed by atoms with Crippen LogP contribution in [0, 0.1) is 13.8 Å². The largest absolute Gasteiger partial charge is 0.353 e. The van der Waals surface area contributed by atoms with Crippen LogP contribution < -0.4 is 10.2 Å². The number of hydrogen-bond donors (Lipinski definition) is 1. The molecule has 1 aliphatic rings. The van der Waals surface area contributed by atoms with E-state index in [1.54, 1.807) is 6.33 Å². The third-order valence-electron chi connectivity index (χ3n) is 2.90. The fourth-order valence-corrected chi connectivity index (χ4v) is 1.68. The van der Waals surface area contributed by atoms with Gasteiger partial charge in [0.25, 0.3) is 0 Å². The third kappa shape index (κ3) is 2.75. The minimum absolute atomic E-state index is 0. The topological polar surface area (TPSA) is 41.0 Å². The van der Waals surface area contributed by atoms with Gasteiger partial charge < -0.3 is 10.2 Å².